The Morgan fingerprint density at radius 1 is 1.31 bits per heavy atom. The summed E-state index contributed by atoms with van der Waals surface area (Å²) in [5.74, 6) is 0.762. The molecule has 0 amide bonds. The van der Waals surface area contributed by atoms with Crippen LogP contribution in [0.3, 0.4) is 0 Å². The van der Waals surface area contributed by atoms with Crippen LogP contribution in [0.2, 0.25) is 0 Å². The summed E-state index contributed by atoms with van der Waals surface area (Å²) in [6.07, 6.45) is 6.85. The van der Waals surface area contributed by atoms with Crippen LogP contribution in [-0.2, 0) is 17.3 Å². The van der Waals surface area contributed by atoms with Crippen molar-refractivity contribution in [2.24, 2.45) is 7.05 Å². The molecule has 1 aliphatic rings. The van der Waals surface area contributed by atoms with Gasteiger partial charge >= 0.3 is 0 Å². The SMILES string of the molecule is CC(C)N(C)S(=O)(=O)N1CCCCCC1c1noc(-c2cnn(C)c2)n1. The van der Waals surface area contributed by atoms with E-state index in [-0.39, 0.29) is 6.04 Å². The van der Waals surface area contributed by atoms with Crippen LogP contribution < -0.4 is 0 Å². The molecule has 0 radical (unpaired) electrons. The maximum atomic E-state index is 13.1. The van der Waals surface area contributed by atoms with E-state index in [1.165, 1.54) is 8.61 Å². The Bertz CT molecular complexity index is 844. The fourth-order valence-corrected chi connectivity index (χ4v) is 4.81. The summed E-state index contributed by atoms with van der Waals surface area (Å²) in [5.41, 5.74) is 0.716. The molecule has 0 bridgehead atoms. The number of rotatable bonds is 5. The van der Waals surface area contributed by atoms with Gasteiger partial charge in [-0.2, -0.15) is 27.1 Å². The fourth-order valence-electron chi connectivity index (χ4n) is 3.07. The minimum Gasteiger partial charge on any atom is -0.334 e. The predicted molar refractivity (Wildman–Crippen MR) is 96.2 cm³/mol. The number of aromatic nitrogens is 4. The molecule has 1 atom stereocenters. The third-order valence-corrected chi connectivity index (χ3v) is 6.96. The highest BCUT2D eigenvalue weighted by Gasteiger charge is 2.38. The van der Waals surface area contributed by atoms with Gasteiger partial charge in [-0.25, -0.2) is 0 Å². The van der Waals surface area contributed by atoms with Crippen LogP contribution in [0.25, 0.3) is 11.5 Å². The average molecular weight is 382 g/mol. The van der Waals surface area contributed by atoms with Gasteiger partial charge in [0.2, 0.25) is 0 Å². The standard InChI is InChI=1S/C16H26N6O3S/c1-12(2)21(4)26(23,24)22-9-7-5-6-8-14(22)15-18-16(25-19-15)13-10-17-20(3)11-13/h10-12,14H,5-9H2,1-4H3. The average Bonchev–Trinajstić information content (AvgIpc) is 3.16. The zero-order valence-corrected chi connectivity index (χ0v) is 16.5. The predicted octanol–water partition coefficient (Wildman–Crippen LogP) is 1.97. The van der Waals surface area contributed by atoms with Crippen molar-refractivity contribution in [2.45, 2.75) is 51.6 Å². The molecule has 26 heavy (non-hydrogen) atoms. The van der Waals surface area contributed by atoms with Gasteiger partial charge in [0, 0.05) is 32.9 Å². The molecule has 3 heterocycles. The number of nitrogens with zero attached hydrogens (tertiary/aromatic N) is 6. The van der Waals surface area contributed by atoms with Crippen molar-refractivity contribution in [3.63, 3.8) is 0 Å². The molecule has 1 aliphatic heterocycles. The van der Waals surface area contributed by atoms with Crippen LogP contribution in [0, 0.1) is 0 Å². The van der Waals surface area contributed by atoms with Gasteiger partial charge in [0.25, 0.3) is 16.1 Å². The molecule has 0 aromatic carbocycles. The maximum Gasteiger partial charge on any atom is 0.282 e. The molecule has 2 aromatic heterocycles. The van der Waals surface area contributed by atoms with E-state index >= 15 is 0 Å². The summed E-state index contributed by atoms with van der Waals surface area (Å²) in [5, 5.41) is 8.19. The van der Waals surface area contributed by atoms with Crippen molar-refractivity contribution in [3.8, 4) is 11.5 Å². The number of hydrogen-bond acceptors (Lipinski definition) is 6. The van der Waals surface area contributed by atoms with Crippen molar-refractivity contribution in [1.82, 2.24) is 28.5 Å². The highest BCUT2D eigenvalue weighted by Crippen LogP contribution is 2.33. The van der Waals surface area contributed by atoms with Crippen LogP contribution in [-0.4, -0.2) is 56.6 Å². The minimum absolute atomic E-state index is 0.125. The van der Waals surface area contributed by atoms with E-state index in [1.807, 2.05) is 20.9 Å². The molecule has 10 heteroatoms. The van der Waals surface area contributed by atoms with Crippen LogP contribution in [0.4, 0.5) is 0 Å². The molecule has 1 unspecified atom stereocenters. The van der Waals surface area contributed by atoms with Gasteiger partial charge in [0.1, 0.15) is 0 Å². The van der Waals surface area contributed by atoms with Crippen LogP contribution in [0.1, 0.15) is 51.4 Å². The van der Waals surface area contributed by atoms with Gasteiger partial charge in [-0.05, 0) is 26.7 Å². The van der Waals surface area contributed by atoms with Gasteiger partial charge in [-0.1, -0.05) is 18.0 Å². The molecule has 0 saturated carbocycles. The van der Waals surface area contributed by atoms with E-state index in [0.717, 1.165) is 19.3 Å². The summed E-state index contributed by atoms with van der Waals surface area (Å²) in [4.78, 5) is 4.47. The molecule has 144 valence electrons. The molecule has 0 spiro atoms. The minimum atomic E-state index is -3.60. The van der Waals surface area contributed by atoms with E-state index in [0.29, 0.717) is 30.2 Å². The molecule has 3 rings (SSSR count). The number of hydrogen-bond donors (Lipinski definition) is 0. The maximum absolute atomic E-state index is 13.1. The summed E-state index contributed by atoms with van der Waals surface area (Å²) in [6, 6.07) is -0.544. The molecule has 0 aliphatic carbocycles. The Kier molecular flexibility index (Phi) is 5.44. The molecule has 0 N–H and O–H groups in total. The highest BCUT2D eigenvalue weighted by atomic mass is 32.2. The van der Waals surface area contributed by atoms with E-state index in [9.17, 15) is 8.42 Å². The van der Waals surface area contributed by atoms with Crippen LogP contribution in [0.5, 0.6) is 0 Å². The van der Waals surface area contributed by atoms with E-state index in [2.05, 4.69) is 15.2 Å². The molecule has 2 aromatic rings. The highest BCUT2D eigenvalue weighted by molar-refractivity contribution is 7.86. The fraction of sp³-hybridized carbons (Fsp3) is 0.688. The molecule has 9 nitrogen and oxygen atoms in total. The zero-order chi connectivity index (χ0) is 18.9. The topological polar surface area (TPSA) is 97.4 Å². The first-order chi connectivity index (χ1) is 12.3. The van der Waals surface area contributed by atoms with Crippen LogP contribution in [0.15, 0.2) is 16.9 Å². The second kappa shape index (κ2) is 7.45. The van der Waals surface area contributed by atoms with E-state index in [4.69, 9.17) is 4.52 Å². The second-order valence-electron chi connectivity index (χ2n) is 6.95. The summed E-state index contributed by atoms with van der Waals surface area (Å²) < 4.78 is 36.1. The smallest absolute Gasteiger partial charge is 0.282 e. The summed E-state index contributed by atoms with van der Waals surface area (Å²) in [7, 11) is -0.187. The Morgan fingerprint density at radius 3 is 2.73 bits per heavy atom. The van der Waals surface area contributed by atoms with Crippen LogP contribution >= 0.6 is 0 Å². The first-order valence-electron chi connectivity index (χ1n) is 8.88. The first-order valence-corrected chi connectivity index (χ1v) is 10.3. The largest absolute Gasteiger partial charge is 0.334 e. The molecule has 1 saturated heterocycles. The lowest BCUT2D eigenvalue weighted by molar-refractivity contribution is 0.272. The van der Waals surface area contributed by atoms with Gasteiger partial charge in [0.15, 0.2) is 5.82 Å². The van der Waals surface area contributed by atoms with Gasteiger partial charge in [-0.15, -0.1) is 0 Å². The lowest BCUT2D eigenvalue weighted by Crippen LogP contribution is -2.46. The van der Waals surface area contributed by atoms with E-state index < -0.39 is 16.3 Å². The monoisotopic (exact) mass is 382 g/mol. The lowest BCUT2D eigenvalue weighted by atomic mass is 10.1. The van der Waals surface area contributed by atoms with E-state index in [1.54, 1.807) is 24.1 Å². The molecular weight excluding hydrogens is 356 g/mol. The van der Waals surface area contributed by atoms with Crippen molar-refractivity contribution in [3.05, 3.63) is 18.2 Å². The Hall–Kier alpha value is -1.78. The van der Waals surface area contributed by atoms with Gasteiger partial charge < -0.3 is 4.52 Å². The Labute approximate surface area is 154 Å². The zero-order valence-electron chi connectivity index (χ0n) is 15.7. The normalized spacial score (nSPS) is 20.0. The Morgan fingerprint density at radius 2 is 2.08 bits per heavy atom. The van der Waals surface area contributed by atoms with Crippen molar-refractivity contribution in [1.29, 1.82) is 0 Å². The lowest BCUT2D eigenvalue weighted by Gasteiger charge is -2.32. The van der Waals surface area contributed by atoms with Crippen molar-refractivity contribution >= 4 is 10.2 Å². The summed E-state index contributed by atoms with van der Waals surface area (Å²) in [6.45, 7) is 4.18. The molecule has 1 fully saturated rings. The third kappa shape index (κ3) is 3.67. The number of aryl methyl sites for hydroxylation is 1. The molecular formula is C16H26N6O3S. The second-order valence-corrected chi connectivity index (χ2v) is 8.89. The quantitative estimate of drug-likeness (QED) is 0.784. The van der Waals surface area contributed by atoms with Crippen molar-refractivity contribution in [2.75, 3.05) is 13.6 Å². The van der Waals surface area contributed by atoms with Crippen molar-refractivity contribution < 1.29 is 12.9 Å². The first kappa shape index (κ1) is 19.0. The Balaban J connectivity index is 1.94. The van der Waals surface area contributed by atoms with Gasteiger partial charge in [0.05, 0.1) is 17.8 Å². The van der Waals surface area contributed by atoms with Gasteiger partial charge in [-0.3, -0.25) is 4.68 Å². The summed E-state index contributed by atoms with van der Waals surface area (Å²) >= 11 is 0. The third-order valence-electron chi connectivity index (χ3n) is 4.78.